The van der Waals surface area contributed by atoms with Crippen LogP contribution < -0.4 is 0 Å². The molecule has 0 aromatic heterocycles. The Balaban J connectivity index is 3.93. The summed E-state index contributed by atoms with van der Waals surface area (Å²) in [4.78, 5) is 2.89. The van der Waals surface area contributed by atoms with Gasteiger partial charge in [-0.1, -0.05) is 310 Å². The zero-order valence-electron chi connectivity index (χ0n) is 39.5. The average molecular weight is 774 g/mol. The van der Waals surface area contributed by atoms with Crippen molar-refractivity contribution in [1.82, 2.24) is 4.90 Å². The third kappa shape index (κ3) is 50.0. The van der Waals surface area contributed by atoms with Crippen LogP contribution in [0.15, 0.2) is 0 Å². The Morgan fingerprint density at radius 1 is 0.145 bits per heavy atom. The molecule has 0 aromatic rings. The molecule has 0 aliphatic rings. The van der Waals surface area contributed by atoms with Gasteiger partial charge in [-0.2, -0.15) is 0 Å². The van der Waals surface area contributed by atoms with Crippen LogP contribution in [-0.2, 0) is 0 Å². The van der Waals surface area contributed by atoms with Gasteiger partial charge in [0.25, 0.3) is 0 Å². The fourth-order valence-corrected chi connectivity index (χ4v) is 8.99. The van der Waals surface area contributed by atoms with Crippen molar-refractivity contribution < 1.29 is 0 Å². The summed E-state index contributed by atoms with van der Waals surface area (Å²) in [6.07, 6.45) is 70.5. The van der Waals surface area contributed by atoms with E-state index >= 15 is 0 Å². The van der Waals surface area contributed by atoms with E-state index in [1.54, 1.807) is 0 Å². The molecule has 0 bridgehead atoms. The van der Waals surface area contributed by atoms with E-state index in [4.69, 9.17) is 0 Å². The lowest BCUT2D eigenvalue weighted by atomic mass is 10.0. The molecule has 0 saturated heterocycles. The first-order valence-corrected chi connectivity index (χ1v) is 27.1. The fraction of sp³-hybridized carbons (Fsp3) is 1.00. The van der Waals surface area contributed by atoms with Crippen molar-refractivity contribution in [1.29, 1.82) is 0 Å². The van der Waals surface area contributed by atoms with Crippen molar-refractivity contribution in [3.05, 3.63) is 0 Å². The van der Waals surface area contributed by atoms with Crippen molar-refractivity contribution in [3.8, 4) is 0 Å². The summed E-state index contributed by atoms with van der Waals surface area (Å²) in [5.74, 6) is 0. The van der Waals surface area contributed by atoms with E-state index in [0.717, 1.165) is 0 Å². The molecule has 332 valence electrons. The van der Waals surface area contributed by atoms with Crippen LogP contribution in [0, 0.1) is 0 Å². The van der Waals surface area contributed by atoms with Crippen LogP contribution in [0.4, 0.5) is 0 Å². The minimum Gasteiger partial charge on any atom is -0.303 e. The summed E-state index contributed by atoms with van der Waals surface area (Å²) >= 11 is 0. The maximum atomic E-state index is 2.89. The van der Waals surface area contributed by atoms with Gasteiger partial charge in [0.1, 0.15) is 0 Å². The lowest BCUT2D eigenvalue weighted by Gasteiger charge is -2.22. The highest BCUT2D eigenvalue weighted by Crippen LogP contribution is 2.18. The molecular weight excluding hydrogens is 663 g/mol. The maximum Gasteiger partial charge on any atom is -0.00187 e. The SMILES string of the molecule is CCCCCCCCCCCCCCCCCCCCN(CCCCCCCCCCCCCCCC)CCCCCCCCCCCCCCCCCC. The van der Waals surface area contributed by atoms with E-state index < -0.39 is 0 Å². The van der Waals surface area contributed by atoms with E-state index in [9.17, 15) is 0 Å². The van der Waals surface area contributed by atoms with Crippen molar-refractivity contribution in [2.45, 2.75) is 329 Å². The Labute approximate surface area is 352 Å². The largest absolute Gasteiger partial charge is 0.303 e. The number of rotatable bonds is 51. The molecule has 0 saturated carbocycles. The Morgan fingerprint density at radius 2 is 0.255 bits per heavy atom. The first-order chi connectivity index (χ1) is 27.3. The highest BCUT2D eigenvalue weighted by molar-refractivity contribution is 4.61. The molecule has 0 aromatic carbocycles. The molecule has 0 N–H and O–H groups in total. The van der Waals surface area contributed by atoms with E-state index in [0.29, 0.717) is 0 Å². The monoisotopic (exact) mass is 774 g/mol. The number of hydrogen-bond acceptors (Lipinski definition) is 1. The van der Waals surface area contributed by atoms with Crippen molar-refractivity contribution >= 4 is 0 Å². The van der Waals surface area contributed by atoms with Gasteiger partial charge in [0.15, 0.2) is 0 Å². The molecule has 0 radical (unpaired) electrons. The van der Waals surface area contributed by atoms with Crippen molar-refractivity contribution in [2.75, 3.05) is 19.6 Å². The average Bonchev–Trinajstić information content (AvgIpc) is 3.20. The lowest BCUT2D eigenvalue weighted by Crippen LogP contribution is -2.27. The molecule has 0 atom stereocenters. The molecule has 0 rings (SSSR count). The Hall–Kier alpha value is -0.0400. The van der Waals surface area contributed by atoms with Gasteiger partial charge >= 0.3 is 0 Å². The summed E-state index contributed by atoms with van der Waals surface area (Å²) in [5, 5.41) is 0. The summed E-state index contributed by atoms with van der Waals surface area (Å²) < 4.78 is 0. The van der Waals surface area contributed by atoms with Crippen LogP contribution in [0.1, 0.15) is 329 Å². The first-order valence-electron chi connectivity index (χ1n) is 27.1. The highest BCUT2D eigenvalue weighted by Gasteiger charge is 2.06. The first kappa shape index (κ1) is 55.0. The molecular formula is C54H111N. The lowest BCUT2D eigenvalue weighted by molar-refractivity contribution is 0.254. The summed E-state index contributed by atoms with van der Waals surface area (Å²) in [5.41, 5.74) is 0. The minimum absolute atomic E-state index is 1.37. The van der Waals surface area contributed by atoms with Gasteiger partial charge in [-0.15, -0.1) is 0 Å². The minimum atomic E-state index is 1.37. The molecule has 0 fully saturated rings. The molecule has 1 nitrogen and oxygen atoms in total. The maximum absolute atomic E-state index is 2.89. The van der Waals surface area contributed by atoms with Crippen LogP contribution in [0.25, 0.3) is 0 Å². The molecule has 55 heavy (non-hydrogen) atoms. The van der Waals surface area contributed by atoms with E-state index in [1.165, 1.54) is 328 Å². The highest BCUT2D eigenvalue weighted by atomic mass is 15.1. The molecule has 0 amide bonds. The van der Waals surface area contributed by atoms with Gasteiger partial charge in [-0.05, 0) is 38.9 Å². The predicted octanol–water partition coefficient (Wildman–Crippen LogP) is 20.1. The van der Waals surface area contributed by atoms with Gasteiger partial charge in [-0.25, -0.2) is 0 Å². The van der Waals surface area contributed by atoms with Gasteiger partial charge in [0, 0.05) is 0 Å². The fourth-order valence-electron chi connectivity index (χ4n) is 8.99. The Bertz CT molecular complexity index is 629. The van der Waals surface area contributed by atoms with Crippen LogP contribution in [0.2, 0.25) is 0 Å². The predicted molar refractivity (Wildman–Crippen MR) is 255 cm³/mol. The van der Waals surface area contributed by atoms with Crippen molar-refractivity contribution in [3.63, 3.8) is 0 Å². The van der Waals surface area contributed by atoms with Crippen LogP contribution in [-0.4, -0.2) is 24.5 Å². The second-order valence-corrected chi connectivity index (χ2v) is 18.8. The van der Waals surface area contributed by atoms with Crippen LogP contribution in [0.5, 0.6) is 0 Å². The molecule has 0 spiro atoms. The zero-order chi connectivity index (χ0) is 39.6. The van der Waals surface area contributed by atoms with Crippen LogP contribution >= 0.6 is 0 Å². The normalized spacial score (nSPS) is 11.8. The van der Waals surface area contributed by atoms with E-state index in [1.807, 2.05) is 0 Å². The zero-order valence-corrected chi connectivity index (χ0v) is 39.5. The second-order valence-electron chi connectivity index (χ2n) is 18.8. The van der Waals surface area contributed by atoms with Gasteiger partial charge in [-0.3, -0.25) is 0 Å². The van der Waals surface area contributed by atoms with E-state index in [2.05, 4.69) is 25.7 Å². The summed E-state index contributed by atoms with van der Waals surface area (Å²) in [6.45, 7) is 11.1. The molecule has 0 aliphatic heterocycles. The molecule has 0 unspecified atom stereocenters. The second kappa shape index (κ2) is 52.0. The molecule has 1 heteroatoms. The van der Waals surface area contributed by atoms with Crippen LogP contribution in [0.3, 0.4) is 0 Å². The third-order valence-electron chi connectivity index (χ3n) is 13.0. The molecule has 0 heterocycles. The number of hydrogen-bond donors (Lipinski definition) is 0. The van der Waals surface area contributed by atoms with E-state index in [-0.39, 0.29) is 0 Å². The van der Waals surface area contributed by atoms with Gasteiger partial charge < -0.3 is 4.90 Å². The Morgan fingerprint density at radius 3 is 0.382 bits per heavy atom. The smallest absolute Gasteiger partial charge is 0.00187 e. The number of nitrogens with zero attached hydrogens (tertiary/aromatic N) is 1. The van der Waals surface area contributed by atoms with Gasteiger partial charge in [0.05, 0.1) is 0 Å². The van der Waals surface area contributed by atoms with Gasteiger partial charge in [0.2, 0.25) is 0 Å². The van der Waals surface area contributed by atoms with Crippen molar-refractivity contribution in [2.24, 2.45) is 0 Å². The number of unbranched alkanes of at least 4 members (excludes halogenated alkanes) is 45. The molecule has 0 aliphatic carbocycles. The topological polar surface area (TPSA) is 3.24 Å². The third-order valence-corrected chi connectivity index (χ3v) is 13.0. The standard InChI is InChI=1S/C54H111N/c1-4-7-10-13-16-19-22-25-28-30-31-33-36-39-42-45-48-51-54-55(52-49-46-43-40-37-34-27-24-21-18-15-12-9-6-3)53-50-47-44-41-38-35-32-29-26-23-20-17-14-11-8-5-2/h4-54H2,1-3H3. The summed E-state index contributed by atoms with van der Waals surface area (Å²) in [6, 6.07) is 0. The Kier molecular flexibility index (Phi) is 51.9. The quantitative estimate of drug-likeness (QED) is 0.0557. The summed E-state index contributed by atoms with van der Waals surface area (Å²) in [7, 11) is 0.